The lowest BCUT2D eigenvalue weighted by molar-refractivity contribution is 0.564. The molecule has 1 N–H and O–H groups in total. The van der Waals surface area contributed by atoms with E-state index in [9.17, 15) is 14.0 Å². The zero-order valence-corrected chi connectivity index (χ0v) is 11.0. The second-order valence-electron chi connectivity index (χ2n) is 4.50. The zero-order chi connectivity index (χ0) is 14.9. The average molecular weight is 273 g/mol. The highest BCUT2D eigenvalue weighted by atomic mass is 19.1. The topological polar surface area (TPSA) is 78.7 Å². The van der Waals surface area contributed by atoms with E-state index in [0.717, 1.165) is 10.7 Å². The van der Waals surface area contributed by atoms with E-state index in [1.54, 1.807) is 13.8 Å². The van der Waals surface area contributed by atoms with Crippen LogP contribution in [0.5, 0.6) is 0 Å². The van der Waals surface area contributed by atoms with Gasteiger partial charge in [0.2, 0.25) is 0 Å². The number of hydrogen-bond donors (Lipinski definition) is 1. The van der Waals surface area contributed by atoms with Crippen molar-refractivity contribution in [2.75, 3.05) is 0 Å². The van der Waals surface area contributed by atoms with Crippen molar-refractivity contribution >= 4 is 0 Å². The van der Waals surface area contributed by atoms with Crippen LogP contribution >= 0.6 is 0 Å². The van der Waals surface area contributed by atoms with Gasteiger partial charge in [-0.25, -0.2) is 9.07 Å². The molecule has 6 heteroatoms. The van der Waals surface area contributed by atoms with Crippen molar-refractivity contribution in [3.8, 4) is 6.07 Å². The summed E-state index contributed by atoms with van der Waals surface area (Å²) in [4.78, 5) is 23.6. The van der Waals surface area contributed by atoms with Gasteiger partial charge in [0.1, 0.15) is 5.82 Å². The number of aromatic nitrogens is 2. The Balaban J connectivity index is 2.49. The summed E-state index contributed by atoms with van der Waals surface area (Å²) in [7, 11) is 0. The number of aromatic amines is 1. The Morgan fingerprint density at radius 3 is 2.60 bits per heavy atom. The third-order valence-electron chi connectivity index (χ3n) is 3.22. The monoisotopic (exact) mass is 273 g/mol. The smallest absolute Gasteiger partial charge is 0.268 e. The highest BCUT2D eigenvalue weighted by Crippen LogP contribution is 2.10. The van der Waals surface area contributed by atoms with Gasteiger partial charge in [-0.3, -0.25) is 14.7 Å². The van der Waals surface area contributed by atoms with Crippen LogP contribution in [0.15, 0.2) is 27.8 Å². The molecule has 1 aromatic carbocycles. The van der Waals surface area contributed by atoms with Gasteiger partial charge in [-0.05, 0) is 26.0 Å². The SMILES string of the molecule is Cc1c(C)c(=O)n(Cc2ccc(C#N)cc2F)[nH]c1=O. The molecule has 5 nitrogen and oxygen atoms in total. The summed E-state index contributed by atoms with van der Waals surface area (Å²) >= 11 is 0. The van der Waals surface area contributed by atoms with Crippen LogP contribution in [-0.4, -0.2) is 9.78 Å². The second kappa shape index (κ2) is 5.13. The standard InChI is InChI=1S/C14H12FN3O2/c1-8-9(2)14(20)18(17-13(8)19)7-11-4-3-10(6-16)5-12(11)15/h3-5H,7H2,1-2H3,(H,17,19). The van der Waals surface area contributed by atoms with E-state index in [0.29, 0.717) is 11.1 Å². The summed E-state index contributed by atoms with van der Waals surface area (Å²) in [5.74, 6) is -0.588. The maximum atomic E-state index is 13.8. The number of hydrogen-bond acceptors (Lipinski definition) is 3. The quantitative estimate of drug-likeness (QED) is 0.893. The Morgan fingerprint density at radius 2 is 2.00 bits per heavy atom. The molecule has 0 radical (unpaired) electrons. The first-order valence-corrected chi connectivity index (χ1v) is 5.93. The van der Waals surface area contributed by atoms with Crippen molar-refractivity contribution in [3.05, 3.63) is 67.0 Å². The number of H-pyrrole nitrogens is 1. The molecule has 0 saturated carbocycles. The van der Waals surface area contributed by atoms with Crippen molar-refractivity contribution in [2.45, 2.75) is 20.4 Å². The van der Waals surface area contributed by atoms with Gasteiger partial charge in [-0.15, -0.1) is 0 Å². The number of halogens is 1. The lowest BCUT2D eigenvalue weighted by Crippen LogP contribution is -2.33. The predicted octanol–water partition coefficient (Wildman–Crippen LogP) is 1.21. The molecule has 0 fully saturated rings. The largest absolute Gasteiger partial charge is 0.268 e. The van der Waals surface area contributed by atoms with E-state index < -0.39 is 5.82 Å². The molecule has 0 aliphatic carbocycles. The summed E-state index contributed by atoms with van der Waals surface area (Å²) < 4.78 is 14.8. The van der Waals surface area contributed by atoms with Gasteiger partial charge in [-0.1, -0.05) is 6.07 Å². The van der Waals surface area contributed by atoms with Crippen LogP contribution in [0.1, 0.15) is 22.3 Å². The molecular formula is C14H12FN3O2. The average Bonchev–Trinajstić information content (AvgIpc) is 2.44. The molecule has 102 valence electrons. The maximum Gasteiger partial charge on any atom is 0.268 e. The van der Waals surface area contributed by atoms with E-state index in [1.165, 1.54) is 12.1 Å². The number of nitrogens with zero attached hydrogens (tertiary/aromatic N) is 2. The maximum absolute atomic E-state index is 13.8. The molecule has 0 atom stereocenters. The van der Waals surface area contributed by atoms with Gasteiger partial charge in [0.15, 0.2) is 0 Å². The molecule has 0 aliphatic heterocycles. The lowest BCUT2D eigenvalue weighted by Gasteiger charge is -2.09. The fourth-order valence-corrected chi connectivity index (χ4v) is 1.82. The van der Waals surface area contributed by atoms with Crippen LogP contribution in [0.25, 0.3) is 0 Å². The summed E-state index contributed by atoms with van der Waals surface area (Å²) in [6, 6.07) is 5.81. The van der Waals surface area contributed by atoms with Gasteiger partial charge in [0, 0.05) is 16.7 Å². The van der Waals surface area contributed by atoms with Gasteiger partial charge in [-0.2, -0.15) is 5.26 Å². The van der Waals surface area contributed by atoms with Crippen LogP contribution in [0.2, 0.25) is 0 Å². The first kappa shape index (κ1) is 13.7. The summed E-state index contributed by atoms with van der Waals surface area (Å²) in [6.45, 7) is 3.02. The molecule has 1 aromatic heterocycles. The molecule has 0 aliphatic rings. The third-order valence-corrected chi connectivity index (χ3v) is 3.22. The number of nitriles is 1. The molecule has 2 rings (SSSR count). The Kier molecular flexibility index (Phi) is 3.53. The molecule has 1 heterocycles. The van der Waals surface area contributed by atoms with Crippen LogP contribution in [0.4, 0.5) is 4.39 Å². The van der Waals surface area contributed by atoms with Crippen molar-refractivity contribution in [1.82, 2.24) is 9.78 Å². The van der Waals surface area contributed by atoms with E-state index in [1.807, 2.05) is 6.07 Å². The van der Waals surface area contributed by atoms with Crippen LogP contribution in [0.3, 0.4) is 0 Å². The fraction of sp³-hybridized carbons (Fsp3) is 0.214. The van der Waals surface area contributed by atoms with E-state index in [4.69, 9.17) is 5.26 Å². The first-order valence-electron chi connectivity index (χ1n) is 5.93. The Hall–Kier alpha value is -2.68. The van der Waals surface area contributed by atoms with Gasteiger partial charge in [0.25, 0.3) is 11.1 Å². The molecule has 2 aromatic rings. The number of nitrogens with one attached hydrogen (secondary N) is 1. The van der Waals surface area contributed by atoms with Crippen LogP contribution in [0, 0.1) is 31.0 Å². The molecule has 0 bridgehead atoms. The minimum Gasteiger partial charge on any atom is -0.268 e. The molecule has 20 heavy (non-hydrogen) atoms. The number of rotatable bonds is 2. The zero-order valence-electron chi connectivity index (χ0n) is 11.0. The van der Waals surface area contributed by atoms with Crippen molar-refractivity contribution in [2.24, 2.45) is 0 Å². The summed E-state index contributed by atoms with van der Waals surface area (Å²) in [5.41, 5.74) is 0.369. The summed E-state index contributed by atoms with van der Waals surface area (Å²) in [5, 5.41) is 11.1. The third kappa shape index (κ3) is 2.38. The molecule has 0 spiro atoms. The minimum atomic E-state index is -0.588. The Labute approximate surface area is 113 Å². The van der Waals surface area contributed by atoms with Gasteiger partial charge >= 0.3 is 0 Å². The normalized spacial score (nSPS) is 10.3. The van der Waals surface area contributed by atoms with Gasteiger partial charge in [0.05, 0.1) is 18.2 Å². The highest BCUT2D eigenvalue weighted by Gasteiger charge is 2.10. The first-order chi connectivity index (χ1) is 9.43. The molecule has 0 amide bonds. The highest BCUT2D eigenvalue weighted by molar-refractivity contribution is 5.33. The van der Waals surface area contributed by atoms with Crippen LogP contribution in [-0.2, 0) is 6.54 Å². The lowest BCUT2D eigenvalue weighted by atomic mass is 10.1. The minimum absolute atomic E-state index is 0.0905. The summed E-state index contributed by atoms with van der Waals surface area (Å²) in [6.07, 6.45) is 0. The van der Waals surface area contributed by atoms with Crippen molar-refractivity contribution in [1.29, 1.82) is 5.26 Å². The molecule has 0 unspecified atom stereocenters. The number of benzene rings is 1. The fourth-order valence-electron chi connectivity index (χ4n) is 1.82. The second-order valence-corrected chi connectivity index (χ2v) is 4.50. The Morgan fingerprint density at radius 1 is 1.30 bits per heavy atom. The van der Waals surface area contributed by atoms with E-state index in [2.05, 4.69) is 5.10 Å². The van der Waals surface area contributed by atoms with Crippen LogP contribution < -0.4 is 11.1 Å². The van der Waals surface area contributed by atoms with Gasteiger partial charge < -0.3 is 0 Å². The predicted molar refractivity (Wildman–Crippen MR) is 71.0 cm³/mol. The molecular weight excluding hydrogens is 261 g/mol. The van der Waals surface area contributed by atoms with Crippen molar-refractivity contribution < 1.29 is 4.39 Å². The van der Waals surface area contributed by atoms with E-state index >= 15 is 0 Å². The Bertz CT molecular complexity index is 828. The van der Waals surface area contributed by atoms with E-state index in [-0.39, 0.29) is 28.8 Å². The molecule has 0 saturated heterocycles. The van der Waals surface area contributed by atoms with Crippen molar-refractivity contribution in [3.63, 3.8) is 0 Å².